The van der Waals surface area contributed by atoms with Crippen molar-refractivity contribution in [2.75, 3.05) is 13.2 Å². The SMILES string of the molecule is CC/C=C\C/C=C\C/C=C\C/C=C\CCC(=O)OC(/C=C\CCC)CCCCCCC(=O)NCC(=O)NC(CO)C(=O)O. The molecule has 0 aromatic carbocycles. The lowest BCUT2D eigenvalue weighted by Gasteiger charge is -2.14. The van der Waals surface area contributed by atoms with E-state index in [2.05, 4.69) is 73.1 Å². The van der Waals surface area contributed by atoms with Crippen molar-refractivity contribution >= 4 is 23.8 Å². The molecule has 2 amide bonds. The van der Waals surface area contributed by atoms with Gasteiger partial charge in [0, 0.05) is 12.8 Å². The Bertz CT molecular complexity index is 922. The number of carboxylic acids is 1. The Morgan fingerprint density at radius 2 is 1.37 bits per heavy atom. The maximum atomic E-state index is 12.4. The number of aliphatic hydroxyl groups is 1. The van der Waals surface area contributed by atoms with Gasteiger partial charge in [-0.25, -0.2) is 4.79 Å². The second-order valence-corrected chi connectivity index (χ2v) is 10.2. The van der Waals surface area contributed by atoms with E-state index in [0.717, 1.165) is 64.2 Å². The molecule has 0 fully saturated rings. The molecule has 9 nitrogen and oxygen atoms in total. The molecule has 0 heterocycles. The van der Waals surface area contributed by atoms with Gasteiger partial charge in [0.2, 0.25) is 11.8 Å². The zero-order valence-corrected chi connectivity index (χ0v) is 26.2. The number of hydrogen-bond donors (Lipinski definition) is 4. The molecule has 0 saturated carbocycles. The Balaban J connectivity index is 4.19. The highest BCUT2D eigenvalue weighted by Crippen LogP contribution is 2.13. The van der Waals surface area contributed by atoms with Crippen molar-refractivity contribution in [2.24, 2.45) is 0 Å². The number of carbonyl (C=O) groups is 4. The zero-order valence-electron chi connectivity index (χ0n) is 26.2. The standard InChI is InChI=1S/C34H54N2O7/c1-3-5-7-8-9-10-11-12-13-14-15-16-22-26-33(40)43-29(23-19-6-4-2)24-20-17-18-21-25-31(38)35-27-32(39)36-30(28-37)34(41)42/h5,7,9-10,12-13,15-16,19,23,29-30,37H,3-4,6,8,11,14,17-18,20-22,24-28H2,1-2H3,(H,35,38)(H,36,39)(H,41,42)/b7-5-,10-9-,13-12-,16-15-,23-19-. The zero-order chi connectivity index (χ0) is 32.0. The van der Waals surface area contributed by atoms with Gasteiger partial charge in [-0.3, -0.25) is 14.4 Å². The minimum atomic E-state index is -1.39. The number of unbranched alkanes of at least 4 members (excludes halogenated alkanes) is 4. The van der Waals surface area contributed by atoms with Crippen LogP contribution in [0.15, 0.2) is 60.8 Å². The molecule has 0 aliphatic heterocycles. The van der Waals surface area contributed by atoms with Crippen LogP contribution in [0.4, 0.5) is 0 Å². The van der Waals surface area contributed by atoms with Crippen LogP contribution >= 0.6 is 0 Å². The van der Waals surface area contributed by atoms with Crippen LogP contribution in [0.5, 0.6) is 0 Å². The monoisotopic (exact) mass is 602 g/mol. The molecule has 43 heavy (non-hydrogen) atoms. The number of aliphatic carboxylic acids is 1. The minimum absolute atomic E-state index is 0.206. The first-order valence-electron chi connectivity index (χ1n) is 15.7. The van der Waals surface area contributed by atoms with Crippen molar-refractivity contribution in [1.29, 1.82) is 0 Å². The van der Waals surface area contributed by atoms with Crippen LogP contribution in [-0.4, -0.2) is 59.3 Å². The summed E-state index contributed by atoms with van der Waals surface area (Å²) < 4.78 is 5.71. The van der Waals surface area contributed by atoms with Gasteiger partial charge in [-0.2, -0.15) is 0 Å². The van der Waals surface area contributed by atoms with E-state index in [-0.39, 0.29) is 30.9 Å². The summed E-state index contributed by atoms with van der Waals surface area (Å²) in [6, 6.07) is -1.39. The summed E-state index contributed by atoms with van der Waals surface area (Å²) in [7, 11) is 0. The van der Waals surface area contributed by atoms with E-state index >= 15 is 0 Å². The Morgan fingerprint density at radius 3 is 1.98 bits per heavy atom. The number of esters is 1. The molecule has 0 spiro atoms. The molecule has 9 heteroatoms. The molecule has 0 radical (unpaired) electrons. The Kier molecular flexibility index (Phi) is 26.3. The average Bonchev–Trinajstić information content (AvgIpc) is 2.98. The number of amides is 2. The number of ether oxygens (including phenoxy) is 1. The Labute approximate surface area is 258 Å². The fourth-order valence-electron chi connectivity index (χ4n) is 3.82. The number of carbonyl (C=O) groups excluding carboxylic acids is 3. The van der Waals surface area contributed by atoms with Gasteiger partial charge in [0.05, 0.1) is 13.2 Å². The third kappa shape index (κ3) is 25.9. The summed E-state index contributed by atoms with van der Waals surface area (Å²) in [5.74, 6) is -2.52. The van der Waals surface area contributed by atoms with Crippen LogP contribution in [0.3, 0.4) is 0 Å². The van der Waals surface area contributed by atoms with E-state index in [0.29, 0.717) is 19.3 Å². The molecule has 0 aromatic rings. The topological polar surface area (TPSA) is 142 Å². The summed E-state index contributed by atoms with van der Waals surface area (Å²) in [5.41, 5.74) is 0. The minimum Gasteiger partial charge on any atom is -0.480 e. The van der Waals surface area contributed by atoms with Crippen molar-refractivity contribution in [3.8, 4) is 0 Å². The number of rotatable bonds is 26. The van der Waals surface area contributed by atoms with Gasteiger partial charge in [0.1, 0.15) is 12.1 Å². The van der Waals surface area contributed by atoms with Crippen molar-refractivity contribution in [1.82, 2.24) is 10.6 Å². The lowest BCUT2D eigenvalue weighted by molar-refractivity contribution is -0.147. The quantitative estimate of drug-likeness (QED) is 0.0552. The third-order valence-corrected chi connectivity index (χ3v) is 6.23. The number of carboxylic acid groups (broad SMARTS) is 1. The number of allylic oxidation sites excluding steroid dienone is 9. The molecule has 0 aliphatic rings. The van der Waals surface area contributed by atoms with E-state index in [1.54, 1.807) is 0 Å². The highest BCUT2D eigenvalue weighted by molar-refractivity contribution is 5.87. The van der Waals surface area contributed by atoms with E-state index < -0.39 is 24.5 Å². The van der Waals surface area contributed by atoms with Crippen LogP contribution in [0, 0.1) is 0 Å². The van der Waals surface area contributed by atoms with Crippen LogP contribution in [0.25, 0.3) is 0 Å². The number of nitrogens with one attached hydrogen (secondary N) is 2. The lowest BCUT2D eigenvalue weighted by Crippen LogP contribution is -2.47. The predicted molar refractivity (Wildman–Crippen MR) is 171 cm³/mol. The van der Waals surface area contributed by atoms with Crippen LogP contribution in [-0.2, 0) is 23.9 Å². The number of aliphatic hydroxyl groups excluding tert-OH is 1. The van der Waals surface area contributed by atoms with Gasteiger partial charge in [0.25, 0.3) is 0 Å². The second-order valence-electron chi connectivity index (χ2n) is 10.2. The molecule has 0 aliphatic carbocycles. The largest absolute Gasteiger partial charge is 0.480 e. The molecule has 0 bridgehead atoms. The molecule has 2 unspecified atom stereocenters. The lowest BCUT2D eigenvalue weighted by atomic mass is 10.1. The summed E-state index contributed by atoms with van der Waals surface area (Å²) in [4.78, 5) is 46.8. The van der Waals surface area contributed by atoms with Crippen LogP contribution < -0.4 is 10.6 Å². The van der Waals surface area contributed by atoms with Crippen LogP contribution in [0.1, 0.15) is 104 Å². The second kappa shape index (κ2) is 28.6. The van der Waals surface area contributed by atoms with Crippen LogP contribution in [0.2, 0.25) is 0 Å². The molecule has 242 valence electrons. The molecule has 0 saturated heterocycles. The van der Waals surface area contributed by atoms with Gasteiger partial charge in [-0.1, -0.05) is 87.8 Å². The molecular weight excluding hydrogens is 548 g/mol. The van der Waals surface area contributed by atoms with Gasteiger partial charge in [-0.15, -0.1) is 0 Å². The summed E-state index contributed by atoms with van der Waals surface area (Å²) in [5, 5.41) is 22.3. The first kappa shape index (κ1) is 39.5. The maximum absolute atomic E-state index is 12.4. The molecular formula is C34H54N2O7. The first-order chi connectivity index (χ1) is 20.8. The van der Waals surface area contributed by atoms with Crippen molar-refractivity contribution < 1.29 is 34.1 Å². The molecule has 0 aromatic heterocycles. The van der Waals surface area contributed by atoms with Gasteiger partial charge in [0.15, 0.2) is 0 Å². The highest BCUT2D eigenvalue weighted by atomic mass is 16.5. The summed E-state index contributed by atoms with van der Waals surface area (Å²) >= 11 is 0. The van der Waals surface area contributed by atoms with Crippen molar-refractivity contribution in [3.63, 3.8) is 0 Å². The van der Waals surface area contributed by atoms with Crippen molar-refractivity contribution in [3.05, 3.63) is 60.8 Å². The van der Waals surface area contributed by atoms with Gasteiger partial charge in [-0.05, 0) is 63.9 Å². The normalized spacial score (nSPS) is 13.4. The van der Waals surface area contributed by atoms with Crippen molar-refractivity contribution in [2.45, 2.75) is 116 Å². The predicted octanol–water partition coefficient (Wildman–Crippen LogP) is 5.86. The van der Waals surface area contributed by atoms with Gasteiger partial charge >= 0.3 is 11.9 Å². The van der Waals surface area contributed by atoms with E-state index in [4.69, 9.17) is 14.9 Å². The Hall–Kier alpha value is -3.46. The fourth-order valence-corrected chi connectivity index (χ4v) is 3.82. The van der Waals surface area contributed by atoms with Gasteiger partial charge < -0.3 is 25.6 Å². The average molecular weight is 603 g/mol. The van der Waals surface area contributed by atoms with E-state index in [1.807, 2.05) is 12.2 Å². The molecule has 2 atom stereocenters. The fraction of sp³-hybridized carbons (Fsp3) is 0.588. The number of hydrogen-bond acceptors (Lipinski definition) is 6. The molecule has 4 N–H and O–H groups in total. The van der Waals surface area contributed by atoms with E-state index in [1.165, 1.54) is 0 Å². The summed E-state index contributed by atoms with van der Waals surface area (Å²) in [6.45, 7) is 3.15. The third-order valence-electron chi connectivity index (χ3n) is 6.23. The van der Waals surface area contributed by atoms with E-state index in [9.17, 15) is 19.2 Å². The highest BCUT2D eigenvalue weighted by Gasteiger charge is 2.18. The first-order valence-corrected chi connectivity index (χ1v) is 15.7. The Morgan fingerprint density at radius 1 is 0.744 bits per heavy atom. The summed E-state index contributed by atoms with van der Waals surface area (Å²) in [6.07, 6.45) is 31.7. The smallest absolute Gasteiger partial charge is 0.328 e. The maximum Gasteiger partial charge on any atom is 0.328 e. The molecule has 0 rings (SSSR count).